The van der Waals surface area contributed by atoms with Gasteiger partial charge >= 0.3 is 6.09 Å². The topological polar surface area (TPSA) is 92.4 Å². The number of aromatic nitrogens is 2. The third kappa shape index (κ3) is 1.32. The highest BCUT2D eigenvalue weighted by molar-refractivity contribution is 5.84. The molecule has 0 radical (unpaired) electrons. The van der Waals surface area contributed by atoms with Crippen molar-refractivity contribution in [1.29, 1.82) is 0 Å². The van der Waals surface area contributed by atoms with Gasteiger partial charge in [0.05, 0.1) is 5.39 Å². The Morgan fingerprint density at radius 1 is 1.40 bits per heavy atom. The van der Waals surface area contributed by atoms with E-state index >= 15 is 0 Å². The van der Waals surface area contributed by atoms with Crippen molar-refractivity contribution in [2.75, 3.05) is 0 Å². The summed E-state index contributed by atoms with van der Waals surface area (Å²) in [4.78, 5) is 25.9. The minimum absolute atomic E-state index is 0.0694. The number of phenols is 1. The molecule has 0 aliphatic heterocycles. The van der Waals surface area contributed by atoms with E-state index in [-0.39, 0.29) is 16.7 Å². The highest BCUT2D eigenvalue weighted by atomic mass is 16.4. The molecular formula is C9H6N2O4. The van der Waals surface area contributed by atoms with Crippen LogP contribution in [0.2, 0.25) is 0 Å². The van der Waals surface area contributed by atoms with Crippen LogP contribution in [-0.4, -0.2) is 25.9 Å². The van der Waals surface area contributed by atoms with Gasteiger partial charge in [-0.05, 0) is 12.1 Å². The number of benzene rings is 1. The summed E-state index contributed by atoms with van der Waals surface area (Å²) < 4.78 is 0.460. The van der Waals surface area contributed by atoms with Gasteiger partial charge < -0.3 is 10.2 Å². The molecule has 0 unspecified atom stereocenters. The molecule has 0 amide bonds. The van der Waals surface area contributed by atoms with E-state index in [4.69, 9.17) is 5.11 Å². The molecular weight excluding hydrogens is 200 g/mol. The predicted octanol–water partition coefficient (Wildman–Crippen LogP) is 0.628. The molecule has 0 spiro atoms. The third-order valence-electron chi connectivity index (χ3n) is 1.97. The Morgan fingerprint density at radius 3 is 2.80 bits per heavy atom. The van der Waals surface area contributed by atoms with E-state index in [0.29, 0.717) is 4.57 Å². The van der Waals surface area contributed by atoms with Crippen molar-refractivity contribution in [2.45, 2.75) is 0 Å². The van der Waals surface area contributed by atoms with E-state index in [1.165, 1.54) is 18.2 Å². The fraction of sp³-hybridized carbons (Fsp3) is 0. The first-order chi connectivity index (χ1) is 7.11. The quantitative estimate of drug-likeness (QED) is 0.659. The van der Waals surface area contributed by atoms with E-state index in [1.54, 1.807) is 0 Å². The predicted molar refractivity (Wildman–Crippen MR) is 51.1 cm³/mol. The Kier molecular flexibility index (Phi) is 1.89. The second-order valence-corrected chi connectivity index (χ2v) is 2.88. The van der Waals surface area contributed by atoms with Crippen molar-refractivity contribution in [2.24, 2.45) is 0 Å². The molecule has 0 saturated carbocycles. The van der Waals surface area contributed by atoms with Crippen LogP contribution in [0.3, 0.4) is 0 Å². The van der Waals surface area contributed by atoms with Gasteiger partial charge in [0.2, 0.25) is 0 Å². The molecule has 0 atom stereocenters. The van der Waals surface area contributed by atoms with Crippen molar-refractivity contribution in [3.63, 3.8) is 0 Å². The summed E-state index contributed by atoms with van der Waals surface area (Å²) in [6.07, 6.45) is -0.537. The van der Waals surface area contributed by atoms with Gasteiger partial charge in [0.1, 0.15) is 17.6 Å². The molecule has 0 aliphatic carbocycles. The minimum atomic E-state index is -1.40. The van der Waals surface area contributed by atoms with Gasteiger partial charge in [-0.25, -0.2) is 14.3 Å². The largest absolute Gasteiger partial charge is 0.506 e. The molecule has 2 rings (SSSR count). The van der Waals surface area contributed by atoms with E-state index in [1.807, 2.05) is 0 Å². The molecule has 1 heterocycles. The van der Waals surface area contributed by atoms with Crippen LogP contribution in [0, 0.1) is 0 Å². The number of para-hydroxylation sites is 1. The zero-order valence-electron chi connectivity index (χ0n) is 7.41. The van der Waals surface area contributed by atoms with Crippen LogP contribution in [-0.2, 0) is 0 Å². The fourth-order valence-electron chi connectivity index (χ4n) is 1.27. The average molecular weight is 206 g/mol. The maximum absolute atomic E-state index is 11.6. The van der Waals surface area contributed by atoms with Crippen LogP contribution in [0.5, 0.6) is 5.75 Å². The Bertz CT molecular complexity index is 603. The number of carboxylic acid groups (broad SMARTS) is 1. The zero-order valence-corrected chi connectivity index (χ0v) is 7.41. The third-order valence-corrected chi connectivity index (χ3v) is 1.97. The number of rotatable bonds is 0. The first-order valence-electron chi connectivity index (χ1n) is 4.04. The molecule has 0 bridgehead atoms. The summed E-state index contributed by atoms with van der Waals surface area (Å²) in [5.41, 5.74) is -0.622. The van der Waals surface area contributed by atoms with E-state index in [2.05, 4.69) is 4.98 Å². The average Bonchev–Trinajstić information content (AvgIpc) is 2.19. The maximum Gasteiger partial charge on any atom is 0.419 e. The van der Waals surface area contributed by atoms with Crippen LogP contribution in [0.1, 0.15) is 0 Å². The highest BCUT2D eigenvalue weighted by Crippen LogP contribution is 2.18. The first kappa shape index (κ1) is 9.20. The number of phenolic OH excluding ortho intramolecular Hbond substituents is 1. The standard InChI is InChI=1S/C9H6N2O4/c12-6-3-1-2-5-7(6)10-4-11(8(5)13)9(14)15/h1-4,12H,(H,14,15). The molecule has 0 fully saturated rings. The molecule has 0 aliphatic rings. The SMILES string of the molecule is O=C(O)n1cnc2c(O)cccc2c1=O. The molecule has 6 heteroatoms. The number of hydrogen-bond donors (Lipinski definition) is 2. The molecule has 2 N–H and O–H groups in total. The number of hydrogen-bond acceptors (Lipinski definition) is 4. The summed E-state index contributed by atoms with van der Waals surface area (Å²) in [6.45, 7) is 0. The zero-order chi connectivity index (χ0) is 11.0. The van der Waals surface area contributed by atoms with Gasteiger partial charge in [-0.1, -0.05) is 6.07 Å². The molecule has 1 aromatic heterocycles. The molecule has 15 heavy (non-hydrogen) atoms. The Hall–Kier alpha value is -2.37. The molecule has 2 aromatic rings. The van der Waals surface area contributed by atoms with Gasteiger partial charge in [-0.2, -0.15) is 0 Å². The van der Waals surface area contributed by atoms with E-state index < -0.39 is 11.7 Å². The summed E-state index contributed by atoms with van der Waals surface area (Å²) in [7, 11) is 0. The van der Waals surface area contributed by atoms with E-state index in [0.717, 1.165) is 6.33 Å². The van der Waals surface area contributed by atoms with Crippen LogP contribution in [0.15, 0.2) is 29.3 Å². The second-order valence-electron chi connectivity index (χ2n) is 2.88. The van der Waals surface area contributed by atoms with Crippen molar-refractivity contribution >= 4 is 17.0 Å². The van der Waals surface area contributed by atoms with Crippen LogP contribution >= 0.6 is 0 Å². The molecule has 76 valence electrons. The van der Waals surface area contributed by atoms with Crippen LogP contribution in [0.25, 0.3) is 10.9 Å². The number of nitrogens with zero attached hydrogens (tertiary/aromatic N) is 2. The number of fused-ring (bicyclic) bond motifs is 1. The maximum atomic E-state index is 11.6. The van der Waals surface area contributed by atoms with Gasteiger partial charge in [-0.3, -0.25) is 4.79 Å². The molecule has 1 aromatic carbocycles. The highest BCUT2D eigenvalue weighted by Gasteiger charge is 2.10. The molecule has 0 saturated heterocycles. The van der Waals surface area contributed by atoms with Crippen LogP contribution < -0.4 is 5.56 Å². The van der Waals surface area contributed by atoms with Gasteiger partial charge in [0.15, 0.2) is 0 Å². The summed E-state index contributed by atoms with van der Waals surface area (Å²) >= 11 is 0. The van der Waals surface area contributed by atoms with Gasteiger partial charge in [0, 0.05) is 0 Å². The Morgan fingerprint density at radius 2 is 2.13 bits per heavy atom. The van der Waals surface area contributed by atoms with E-state index in [9.17, 15) is 14.7 Å². The lowest BCUT2D eigenvalue weighted by atomic mass is 10.2. The summed E-state index contributed by atoms with van der Waals surface area (Å²) in [5.74, 6) is -0.151. The lowest BCUT2D eigenvalue weighted by Crippen LogP contribution is -2.25. The summed E-state index contributed by atoms with van der Waals surface area (Å²) in [5, 5.41) is 18.1. The number of carbonyl (C=O) groups is 1. The fourth-order valence-corrected chi connectivity index (χ4v) is 1.27. The Balaban J connectivity index is 2.92. The van der Waals surface area contributed by atoms with Crippen molar-refractivity contribution < 1.29 is 15.0 Å². The lowest BCUT2D eigenvalue weighted by Gasteiger charge is -2.01. The van der Waals surface area contributed by atoms with Crippen molar-refractivity contribution in [3.8, 4) is 5.75 Å². The van der Waals surface area contributed by atoms with Crippen molar-refractivity contribution in [1.82, 2.24) is 9.55 Å². The molecule has 6 nitrogen and oxygen atoms in total. The van der Waals surface area contributed by atoms with Gasteiger partial charge in [0.25, 0.3) is 5.56 Å². The normalized spacial score (nSPS) is 10.4. The Labute approximate surface area is 83.0 Å². The second kappa shape index (κ2) is 3.09. The van der Waals surface area contributed by atoms with Crippen LogP contribution in [0.4, 0.5) is 4.79 Å². The van der Waals surface area contributed by atoms with Gasteiger partial charge in [-0.15, -0.1) is 0 Å². The first-order valence-corrected chi connectivity index (χ1v) is 4.04. The lowest BCUT2D eigenvalue weighted by molar-refractivity contribution is 0.195. The summed E-state index contributed by atoms with van der Waals surface area (Å²) in [6, 6.07) is 4.23. The monoisotopic (exact) mass is 206 g/mol. The number of aromatic hydroxyl groups is 1. The van der Waals surface area contributed by atoms with Crippen molar-refractivity contribution in [3.05, 3.63) is 34.9 Å². The smallest absolute Gasteiger partial charge is 0.419 e. The minimum Gasteiger partial charge on any atom is -0.506 e.